The van der Waals surface area contributed by atoms with Gasteiger partial charge in [0.1, 0.15) is 5.52 Å². The maximum absolute atomic E-state index is 5.90. The first-order valence-corrected chi connectivity index (χ1v) is 5.01. The van der Waals surface area contributed by atoms with Crippen LogP contribution in [0.15, 0.2) is 12.1 Å². The minimum absolute atomic E-state index is 0.0976. The Balaban J connectivity index is 2.82. The Kier molecular flexibility index (Phi) is 1.96. The Morgan fingerprint density at radius 2 is 1.87 bits per heavy atom. The number of imidazole rings is 1. The van der Waals surface area contributed by atoms with E-state index >= 15 is 0 Å². The summed E-state index contributed by atoms with van der Waals surface area (Å²) < 4.78 is 1.97. The highest BCUT2D eigenvalue weighted by molar-refractivity contribution is 5.74. The number of hydrogen-bond acceptors (Lipinski definition) is 3. The number of fused-ring (bicyclic) bond motifs is 1. The third-order valence-electron chi connectivity index (χ3n) is 2.34. The molecular weight excluding hydrogens is 188 g/mol. The summed E-state index contributed by atoms with van der Waals surface area (Å²) in [6.45, 7) is 8.24. The van der Waals surface area contributed by atoms with Crippen molar-refractivity contribution in [3.63, 3.8) is 0 Å². The van der Waals surface area contributed by atoms with Gasteiger partial charge in [-0.05, 0) is 39.8 Å². The Morgan fingerprint density at radius 3 is 2.47 bits per heavy atom. The van der Waals surface area contributed by atoms with Crippen molar-refractivity contribution in [2.24, 2.45) is 0 Å². The molecule has 0 saturated heterocycles. The van der Waals surface area contributed by atoms with Gasteiger partial charge in [0.2, 0.25) is 5.95 Å². The minimum Gasteiger partial charge on any atom is -0.369 e. The van der Waals surface area contributed by atoms with E-state index in [1.165, 1.54) is 0 Å². The van der Waals surface area contributed by atoms with Gasteiger partial charge < -0.3 is 5.73 Å². The number of rotatable bonds is 0. The molecule has 2 N–H and O–H groups in total. The van der Waals surface area contributed by atoms with Gasteiger partial charge in [-0.2, -0.15) is 0 Å². The predicted molar refractivity (Wildman–Crippen MR) is 61.7 cm³/mol. The fraction of sp³-hybridized carbons (Fsp3) is 0.455. The van der Waals surface area contributed by atoms with Crippen LogP contribution in [0.3, 0.4) is 0 Å². The van der Waals surface area contributed by atoms with Crippen LogP contribution in [-0.4, -0.2) is 14.5 Å². The summed E-state index contributed by atoms with van der Waals surface area (Å²) >= 11 is 0. The molecule has 2 rings (SSSR count). The van der Waals surface area contributed by atoms with E-state index in [2.05, 4.69) is 30.7 Å². The van der Waals surface area contributed by atoms with Crippen molar-refractivity contribution in [3.05, 3.63) is 17.8 Å². The smallest absolute Gasteiger partial charge is 0.202 e. The van der Waals surface area contributed by atoms with Crippen LogP contribution >= 0.6 is 0 Å². The fourth-order valence-corrected chi connectivity index (χ4v) is 1.73. The molecule has 0 amide bonds. The van der Waals surface area contributed by atoms with E-state index in [-0.39, 0.29) is 5.54 Å². The first-order valence-electron chi connectivity index (χ1n) is 5.01. The number of anilines is 1. The average Bonchev–Trinajstić information content (AvgIpc) is 2.38. The Bertz CT molecular complexity index is 505. The molecule has 0 unspecified atom stereocenters. The predicted octanol–water partition coefficient (Wildman–Crippen LogP) is 2.08. The third-order valence-corrected chi connectivity index (χ3v) is 2.34. The van der Waals surface area contributed by atoms with Crippen LogP contribution in [0.25, 0.3) is 11.2 Å². The van der Waals surface area contributed by atoms with Crippen LogP contribution in [0.2, 0.25) is 0 Å². The molecular formula is C11H16N4. The summed E-state index contributed by atoms with van der Waals surface area (Å²) in [5.74, 6) is 0.524. The molecule has 0 aromatic carbocycles. The van der Waals surface area contributed by atoms with Crippen molar-refractivity contribution < 1.29 is 0 Å². The molecule has 4 heteroatoms. The van der Waals surface area contributed by atoms with Gasteiger partial charge in [-0.3, -0.25) is 4.57 Å². The molecule has 80 valence electrons. The van der Waals surface area contributed by atoms with Crippen molar-refractivity contribution in [2.45, 2.75) is 33.2 Å². The summed E-state index contributed by atoms with van der Waals surface area (Å²) in [5.41, 5.74) is 8.50. The summed E-state index contributed by atoms with van der Waals surface area (Å²) in [7, 11) is 0. The van der Waals surface area contributed by atoms with E-state index in [0.29, 0.717) is 5.95 Å². The standard InChI is InChI=1S/C11H16N4/c1-7-5-6-8-9(13-7)15(10(12)14-8)11(2,3)4/h5-6H,1-4H3,(H2,12,14). The zero-order chi connectivity index (χ0) is 11.2. The maximum atomic E-state index is 5.90. The molecule has 2 aromatic heterocycles. The average molecular weight is 204 g/mol. The molecule has 4 nitrogen and oxygen atoms in total. The Labute approximate surface area is 89.1 Å². The van der Waals surface area contributed by atoms with Crippen LogP contribution < -0.4 is 5.73 Å². The summed E-state index contributed by atoms with van der Waals surface area (Å²) in [5, 5.41) is 0. The molecule has 0 saturated carbocycles. The van der Waals surface area contributed by atoms with Gasteiger partial charge in [-0.15, -0.1) is 0 Å². The highest BCUT2D eigenvalue weighted by Gasteiger charge is 2.20. The highest BCUT2D eigenvalue weighted by atomic mass is 15.2. The van der Waals surface area contributed by atoms with Gasteiger partial charge in [-0.1, -0.05) is 0 Å². The lowest BCUT2D eigenvalue weighted by molar-refractivity contribution is 0.412. The van der Waals surface area contributed by atoms with E-state index in [9.17, 15) is 0 Å². The van der Waals surface area contributed by atoms with E-state index in [0.717, 1.165) is 16.9 Å². The lowest BCUT2D eigenvalue weighted by Gasteiger charge is -2.22. The van der Waals surface area contributed by atoms with E-state index in [4.69, 9.17) is 5.73 Å². The molecule has 15 heavy (non-hydrogen) atoms. The zero-order valence-electron chi connectivity index (χ0n) is 9.57. The van der Waals surface area contributed by atoms with E-state index < -0.39 is 0 Å². The zero-order valence-corrected chi connectivity index (χ0v) is 9.57. The monoisotopic (exact) mass is 204 g/mol. The van der Waals surface area contributed by atoms with Gasteiger partial charge in [0.05, 0.1) is 0 Å². The molecule has 0 radical (unpaired) electrons. The molecule has 0 atom stereocenters. The Morgan fingerprint density at radius 1 is 1.20 bits per heavy atom. The fourth-order valence-electron chi connectivity index (χ4n) is 1.73. The molecule has 2 aromatic rings. The number of pyridine rings is 1. The molecule has 0 bridgehead atoms. The number of aromatic nitrogens is 3. The van der Waals surface area contributed by atoms with Crippen LogP contribution in [0.4, 0.5) is 5.95 Å². The quantitative estimate of drug-likeness (QED) is 0.714. The normalized spacial score (nSPS) is 12.3. The van der Waals surface area contributed by atoms with E-state index in [1.54, 1.807) is 0 Å². The van der Waals surface area contributed by atoms with Crippen molar-refractivity contribution in [1.29, 1.82) is 0 Å². The number of hydrogen-bond donors (Lipinski definition) is 1. The van der Waals surface area contributed by atoms with Crippen LogP contribution in [0, 0.1) is 6.92 Å². The molecule has 0 aliphatic heterocycles. The SMILES string of the molecule is Cc1ccc2nc(N)n(C(C)(C)C)c2n1. The van der Waals surface area contributed by atoms with Crippen LogP contribution in [-0.2, 0) is 5.54 Å². The molecule has 0 aliphatic carbocycles. The minimum atomic E-state index is -0.0976. The van der Waals surface area contributed by atoms with Crippen molar-refractivity contribution in [1.82, 2.24) is 14.5 Å². The van der Waals surface area contributed by atoms with Crippen molar-refractivity contribution in [2.75, 3.05) is 5.73 Å². The summed E-state index contributed by atoms with van der Waals surface area (Å²) in [4.78, 5) is 8.78. The maximum Gasteiger partial charge on any atom is 0.202 e. The van der Waals surface area contributed by atoms with Crippen molar-refractivity contribution in [3.8, 4) is 0 Å². The number of aryl methyl sites for hydroxylation is 1. The second-order valence-corrected chi connectivity index (χ2v) is 4.77. The molecule has 2 heterocycles. The topological polar surface area (TPSA) is 56.7 Å². The summed E-state index contributed by atoms with van der Waals surface area (Å²) in [6.07, 6.45) is 0. The number of nitrogen functional groups attached to an aromatic ring is 1. The molecule has 0 aliphatic rings. The van der Waals surface area contributed by atoms with E-state index in [1.807, 2.05) is 23.6 Å². The van der Waals surface area contributed by atoms with Gasteiger partial charge in [0, 0.05) is 11.2 Å². The van der Waals surface area contributed by atoms with Crippen LogP contribution in [0.1, 0.15) is 26.5 Å². The molecule has 0 spiro atoms. The number of nitrogens with two attached hydrogens (primary N) is 1. The van der Waals surface area contributed by atoms with Gasteiger partial charge >= 0.3 is 0 Å². The first-order chi connectivity index (χ1) is 6.89. The van der Waals surface area contributed by atoms with Gasteiger partial charge in [0.25, 0.3) is 0 Å². The highest BCUT2D eigenvalue weighted by Crippen LogP contribution is 2.25. The lowest BCUT2D eigenvalue weighted by Crippen LogP contribution is -2.23. The largest absolute Gasteiger partial charge is 0.369 e. The van der Waals surface area contributed by atoms with Crippen molar-refractivity contribution >= 4 is 17.1 Å². The second kappa shape index (κ2) is 2.95. The molecule has 0 fully saturated rings. The first kappa shape index (κ1) is 9.96. The van der Waals surface area contributed by atoms with Gasteiger partial charge in [0.15, 0.2) is 5.65 Å². The Hall–Kier alpha value is -1.58. The van der Waals surface area contributed by atoms with Crippen LogP contribution in [0.5, 0.6) is 0 Å². The number of nitrogens with zero attached hydrogens (tertiary/aromatic N) is 3. The lowest BCUT2D eigenvalue weighted by atomic mass is 10.1. The summed E-state index contributed by atoms with van der Waals surface area (Å²) in [6, 6.07) is 3.90. The third kappa shape index (κ3) is 1.56. The second-order valence-electron chi connectivity index (χ2n) is 4.77. The van der Waals surface area contributed by atoms with Gasteiger partial charge in [-0.25, -0.2) is 9.97 Å².